The van der Waals surface area contributed by atoms with E-state index in [0.29, 0.717) is 37.1 Å². The van der Waals surface area contributed by atoms with Crippen LogP contribution in [0.4, 0.5) is 4.79 Å². The van der Waals surface area contributed by atoms with Crippen LogP contribution in [0.15, 0.2) is 29.0 Å². The fraction of sp³-hybridized carbons (Fsp3) is 0.412. The number of piperidine rings is 1. The summed E-state index contributed by atoms with van der Waals surface area (Å²) in [6.07, 6.45) is 5.10. The van der Waals surface area contributed by atoms with Gasteiger partial charge in [-0.05, 0) is 30.9 Å². The van der Waals surface area contributed by atoms with Gasteiger partial charge in [-0.25, -0.2) is 4.79 Å². The van der Waals surface area contributed by atoms with Gasteiger partial charge in [-0.15, -0.1) is 0 Å². The lowest BCUT2D eigenvalue weighted by Gasteiger charge is -2.29. The van der Waals surface area contributed by atoms with Crippen LogP contribution >= 0.6 is 0 Å². The van der Waals surface area contributed by atoms with E-state index in [4.69, 9.17) is 9.63 Å². The standard InChI is InChI=1S/C17H19N5O3/c1-21-13(9-12-2-5-18-10-14(12)21)16-19-15(20-25-16)8-11-3-6-22(7-4-11)17(23)24/h2,5,9-11H,3-4,6-8H2,1H3,(H,23,24). The number of pyridine rings is 1. The van der Waals surface area contributed by atoms with Gasteiger partial charge in [0.25, 0.3) is 5.89 Å². The van der Waals surface area contributed by atoms with E-state index < -0.39 is 6.09 Å². The summed E-state index contributed by atoms with van der Waals surface area (Å²) in [6, 6.07) is 3.96. The second-order valence-electron chi connectivity index (χ2n) is 6.46. The van der Waals surface area contributed by atoms with Crippen LogP contribution in [0.5, 0.6) is 0 Å². The zero-order valence-electron chi connectivity index (χ0n) is 13.9. The molecule has 8 heteroatoms. The van der Waals surface area contributed by atoms with E-state index in [9.17, 15) is 4.79 Å². The first kappa shape index (κ1) is 15.6. The molecule has 8 nitrogen and oxygen atoms in total. The molecule has 0 atom stereocenters. The lowest BCUT2D eigenvalue weighted by atomic mass is 9.93. The minimum Gasteiger partial charge on any atom is -0.465 e. The highest BCUT2D eigenvalue weighted by molar-refractivity contribution is 5.84. The van der Waals surface area contributed by atoms with Gasteiger partial charge in [0.2, 0.25) is 0 Å². The quantitative estimate of drug-likeness (QED) is 0.786. The molecule has 1 saturated heterocycles. The maximum Gasteiger partial charge on any atom is 0.407 e. The van der Waals surface area contributed by atoms with Crippen molar-refractivity contribution >= 4 is 17.0 Å². The average Bonchev–Trinajstić information content (AvgIpc) is 3.20. The van der Waals surface area contributed by atoms with Crippen molar-refractivity contribution in [2.24, 2.45) is 13.0 Å². The molecule has 1 amide bonds. The highest BCUT2D eigenvalue weighted by Crippen LogP contribution is 2.26. The predicted molar refractivity (Wildman–Crippen MR) is 90.0 cm³/mol. The summed E-state index contributed by atoms with van der Waals surface area (Å²) >= 11 is 0. The maximum absolute atomic E-state index is 11.0. The minimum absolute atomic E-state index is 0.387. The highest BCUT2D eigenvalue weighted by Gasteiger charge is 2.24. The molecule has 0 aromatic carbocycles. The number of rotatable bonds is 3. The zero-order chi connectivity index (χ0) is 17.4. The van der Waals surface area contributed by atoms with Crippen LogP contribution in [-0.2, 0) is 13.5 Å². The van der Waals surface area contributed by atoms with Crippen molar-refractivity contribution in [2.45, 2.75) is 19.3 Å². The monoisotopic (exact) mass is 341 g/mol. The molecule has 0 bridgehead atoms. The zero-order valence-corrected chi connectivity index (χ0v) is 13.9. The molecule has 0 aliphatic carbocycles. The summed E-state index contributed by atoms with van der Waals surface area (Å²) < 4.78 is 7.45. The lowest BCUT2D eigenvalue weighted by Crippen LogP contribution is -2.37. The van der Waals surface area contributed by atoms with E-state index >= 15 is 0 Å². The van der Waals surface area contributed by atoms with Gasteiger partial charge in [-0.2, -0.15) is 4.98 Å². The van der Waals surface area contributed by atoms with Crippen molar-refractivity contribution in [1.82, 2.24) is 24.6 Å². The Morgan fingerprint density at radius 3 is 2.92 bits per heavy atom. The molecule has 130 valence electrons. The van der Waals surface area contributed by atoms with Gasteiger partial charge in [0.15, 0.2) is 5.82 Å². The number of amides is 1. The van der Waals surface area contributed by atoms with Gasteiger partial charge < -0.3 is 19.1 Å². The van der Waals surface area contributed by atoms with Crippen LogP contribution < -0.4 is 0 Å². The summed E-state index contributed by atoms with van der Waals surface area (Å²) in [5, 5.41) is 14.2. The Hall–Kier alpha value is -2.90. The second-order valence-corrected chi connectivity index (χ2v) is 6.46. The largest absolute Gasteiger partial charge is 0.465 e. The Labute approximate surface area is 144 Å². The number of hydrogen-bond donors (Lipinski definition) is 1. The van der Waals surface area contributed by atoms with Crippen LogP contribution in [0.1, 0.15) is 18.7 Å². The van der Waals surface area contributed by atoms with Gasteiger partial charge in [0, 0.05) is 38.1 Å². The van der Waals surface area contributed by atoms with Crippen LogP contribution in [0.2, 0.25) is 0 Å². The van der Waals surface area contributed by atoms with Crippen molar-refractivity contribution in [2.75, 3.05) is 13.1 Å². The first-order valence-electron chi connectivity index (χ1n) is 8.32. The van der Waals surface area contributed by atoms with Crippen molar-refractivity contribution in [3.63, 3.8) is 0 Å². The predicted octanol–water partition coefficient (Wildman–Crippen LogP) is 2.56. The van der Waals surface area contributed by atoms with E-state index in [0.717, 1.165) is 29.4 Å². The van der Waals surface area contributed by atoms with Gasteiger partial charge in [0.05, 0.1) is 11.7 Å². The van der Waals surface area contributed by atoms with Crippen LogP contribution in [0, 0.1) is 5.92 Å². The molecule has 1 aliphatic heterocycles. The molecular weight excluding hydrogens is 322 g/mol. The molecule has 1 aliphatic rings. The first-order valence-corrected chi connectivity index (χ1v) is 8.32. The van der Waals surface area contributed by atoms with Gasteiger partial charge in [-0.1, -0.05) is 5.16 Å². The van der Waals surface area contributed by atoms with Crippen LogP contribution in [0.25, 0.3) is 22.5 Å². The molecule has 25 heavy (non-hydrogen) atoms. The third-order valence-corrected chi connectivity index (χ3v) is 4.89. The van der Waals surface area contributed by atoms with Crippen molar-refractivity contribution in [1.29, 1.82) is 0 Å². The average molecular weight is 341 g/mol. The summed E-state index contributed by atoms with van der Waals surface area (Å²) in [7, 11) is 1.95. The molecule has 1 fully saturated rings. The third-order valence-electron chi connectivity index (χ3n) is 4.89. The molecule has 3 aromatic heterocycles. The Morgan fingerprint density at radius 2 is 2.20 bits per heavy atom. The third kappa shape index (κ3) is 2.95. The summed E-state index contributed by atoms with van der Waals surface area (Å²) in [4.78, 5) is 21.1. The SMILES string of the molecule is Cn1c(-c2nc(CC3CCN(C(=O)O)CC3)no2)cc2ccncc21. The Kier molecular flexibility index (Phi) is 3.87. The minimum atomic E-state index is -0.842. The van der Waals surface area contributed by atoms with Crippen molar-refractivity contribution in [3.05, 3.63) is 30.4 Å². The molecule has 1 N–H and O–H groups in total. The van der Waals surface area contributed by atoms with Crippen LogP contribution in [-0.4, -0.2) is 48.9 Å². The first-order chi connectivity index (χ1) is 12.1. The molecule has 3 aromatic rings. The Bertz CT molecular complexity index is 908. The number of aromatic nitrogens is 4. The molecular formula is C17H19N5O3. The second kappa shape index (κ2) is 6.19. The fourth-order valence-electron chi connectivity index (χ4n) is 3.41. The topological polar surface area (TPSA) is 97.3 Å². The summed E-state index contributed by atoms with van der Waals surface area (Å²) in [6.45, 7) is 1.14. The van der Waals surface area contributed by atoms with Gasteiger partial charge in [-0.3, -0.25) is 4.98 Å². The summed E-state index contributed by atoms with van der Waals surface area (Å²) in [5.41, 5.74) is 1.88. The number of carbonyl (C=O) groups is 1. The van der Waals surface area contributed by atoms with E-state index in [2.05, 4.69) is 15.1 Å². The van der Waals surface area contributed by atoms with E-state index in [1.165, 1.54) is 4.90 Å². The number of fused-ring (bicyclic) bond motifs is 1. The lowest BCUT2D eigenvalue weighted by molar-refractivity contribution is 0.124. The van der Waals surface area contributed by atoms with E-state index in [1.807, 2.05) is 29.9 Å². The normalized spacial score (nSPS) is 15.8. The van der Waals surface area contributed by atoms with Gasteiger partial charge >= 0.3 is 6.09 Å². The Balaban J connectivity index is 1.49. The maximum atomic E-state index is 11.0. The van der Waals surface area contributed by atoms with Crippen LogP contribution in [0.3, 0.4) is 0 Å². The Morgan fingerprint density at radius 1 is 1.40 bits per heavy atom. The number of likely N-dealkylation sites (tertiary alicyclic amines) is 1. The smallest absolute Gasteiger partial charge is 0.407 e. The number of hydrogen-bond acceptors (Lipinski definition) is 5. The fourth-order valence-corrected chi connectivity index (χ4v) is 3.41. The summed E-state index contributed by atoms with van der Waals surface area (Å²) in [5.74, 6) is 1.56. The molecule has 4 heterocycles. The highest BCUT2D eigenvalue weighted by atomic mass is 16.5. The van der Waals surface area contributed by atoms with Crippen molar-refractivity contribution in [3.8, 4) is 11.6 Å². The molecule has 0 spiro atoms. The molecule has 0 saturated carbocycles. The number of carboxylic acid groups (broad SMARTS) is 1. The van der Waals surface area contributed by atoms with E-state index in [1.54, 1.807) is 6.20 Å². The number of aryl methyl sites for hydroxylation is 1. The molecule has 0 radical (unpaired) electrons. The van der Waals surface area contributed by atoms with Crippen molar-refractivity contribution < 1.29 is 14.4 Å². The number of nitrogens with zero attached hydrogens (tertiary/aromatic N) is 5. The molecule has 4 rings (SSSR count). The van der Waals surface area contributed by atoms with E-state index in [-0.39, 0.29) is 0 Å². The van der Waals surface area contributed by atoms with Gasteiger partial charge in [0.1, 0.15) is 5.69 Å². The molecule has 0 unspecified atom stereocenters.